The molecule has 2 unspecified atom stereocenters. The number of alkyl halides is 4. The molecule has 12 heteroatoms. The molecule has 0 spiro atoms. The zero-order valence-electron chi connectivity index (χ0n) is 17.8. The Balaban J connectivity index is 1.52. The van der Waals surface area contributed by atoms with Crippen LogP contribution in [-0.4, -0.2) is 16.1 Å². The van der Waals surface area contributed by atoms with E-state index in [1.807, 2.05) is 0 Å². The fraction of sp³-hybridized carbons (Fsp3) is 0.167. The van der Waals surface area contributed by atoms with E-state index >= 15 is 0 Å². The second-order valence-corrected chi connectivity index (χ2v) is 10.3. The zero-order valence-corrected chi connectivity index (χ0v) is 20.8. The van der Waals surface area contributed by atoms with Gasteiger partial charge in [-0.2, -0.15) is 0 Å². The first-order valence-corrected chi connectivity index (χ1v) is 11.7. The summed E-state index contributed by atoms with van der Waals surface area (Å²) in [5.74, 6) is -5.07. The molecule has 0 heterocycles. The van der Waals surface area contributed by atoms with E-state index < -0.39 is 46.0 Å². The van der Waals surface area contributed by atoms with Crippen molar-refractivity contribution in [3.8, 4) is 0 Å². The van der Waals surface area contributed by atoms with Crippen LogP contribution in [0.3, 0.4) is 0 Å². The van der Waals surface area contributed by atoms with Gasteiger partial charge in [-0.25, -0.2) is 17.6 Å². The third kappa shape index (κ3) is 5.42. The first-order chi connectivity index (χ1) is 16.9. The van der Waals surface area contributed by atoms with Crippen molar-refractivity contribution in [2.24, 2.45) is 5.92 Å². The Morgan fingerprint density at radius 1 is 0.917 bits per heavy atom. The molecular weight excluding hydrogens is 566 g/mol. The highest BCUT2D eigenvalue weighted by Crippen LogP contribution is 2.65. The Bertz CT molecular complexity index is 1370. The molecule has 188 valence electrons. The highest BCUT2D eigenvalue weighted by atomic mass is 35.5. The van der Waals surface area contributed by atoms with E-state index in [0.717, 1.165) is 18.2 Å². The summed E-state index contributed by atoms with van der Waals surface area (Å²) >= 11 is 24.6. The number of rotatable bonds is 6. The number of halogens is 8. The summed E-state index contributed by atoms with van der Waals surface area (Å²) < 4.78 is 51.8. The third-order valence-electron chi connectivity index (χ3n) is 5.55. The van der Waals surface area contributed by atoms with Crippen molar-refractivity contribution >= 4 is 69.6 Å². The largest absolute Gasteiger partial charge is 0.326 e. The van der Waals surface area contributed by atoms with Crippen LogP contribution in [0.1, 0.15) is 33.8 Å². The lowest BCUT2D eigenvalue weighted by Crippen LogP contribution is -2.18. The van der Waals surface area contributed by atoms with Gasteiger partial charge in [-0.05, 0) is 54.1 Å². The number of hydrogen-bond acceptors (Lipinski definition) is 2. The lowest BCUT2D eigenvalue weighted by Gasteiger charge is -2.11. The number of amides is 2. The molecule has 3 aromatic carbocycles. The molecule has 2 N–H and O–H groups in total. The first kappa shape index (κ1) is 26.5. The highest BCUT2D eigenvalue weighted by Gasteiger charge is 2.67. The van der Waals surface area contributed by atoms with Gasteiger partial charge in [0.25, 0.3) is 12.3 Å². The first-order valence-electron chi connectivity index (χ1n) is 10.2. The van der Waals surface area contributed by atoms with Crippen molar-refractivity contribution in [1.29, 1.82) is 0 Å². The lowest BCUT2D eigenvalue weighted by molar-refractivity contribution is -0.117. The van der Waals surface area contributed by atoms with Crippen LogP contribution >= 0.6 is 46.4 Å². The summed E-state index contributed by atoms with van der Waals surface area (Å²) in [6.07, 6.45) is -2.78. The molecule has 1 aliphatic rings. The molecule has 1 fully saturated rings. The van der Waals surface area contributed by atoms with Gasteiger partial charge < -0.3 is 10.6 Å². The van der Waals surface area contributed by atoms with Crippen molar-refractivity contribution in [3.05, 3.63) is 93.0 Å². The van der Waals surface area contributed by atoms with Crippen molar-refractivity contribution in [2.45, 2.75) is 16.7 Å². The average Bonchev–Trinajstić information content (AvgIpc) is 3.38. The average molecular weight is 580 g/mol. The minimum Gasteiger partial charge on any atom is -0.326 e. The Morgan fingerprint density at radius 3 is 2.31 bits per heavy atom. The van der Waals surface area contributed by atoms with Crippen LogP contribution in [0, 0.1) is 17.6 Å². The molecule has 2 amide bonds. The molecule has 0 bridgehead atoms. The summed E-state index contributed by atoms with van der Waals surface area (Å²) in [4.78, 5) is 25.6. The SMILES string of the molecule is O=C(Nc1ccc(F)cc1F)c1cc(NC(=O)C2C(c3cc(Cl)cc(C(F)F)c3)C2(Cl)Cl)ccc1Cl. The smallest absolute Gasteiger partial charge is 0.263 e. The summed E-state index contributed by atoms with van der Waals surface area (Å²) in [5, 5.41) is 4.89. The van der Waals surface area contributed by atoms with Crippen LogP contribution in [-0.2, 0) is 4.79 Å². The standard InChI is InChI=1S/C24H14Cl4F4N2O2/c25-12-6-10(5-11(7-12)21(31)32)19-20(24(19,27)28)23(36)33-14-2-3-16(26)15(9-14)22(35)34-18-4-1-13(29)8-17(18)30/h1-9,19-21H,(H,33,36)(H,34,35). The van der Waals surface area contributed by atoms with Crippen LogP contribution in [0.4, 0.5) is 28.9 Å². The van der Waals surface area contributed by atoms with Crippen LogP contribution < -0.4 is 10.6 Å². The molecule has 0 saturated heterocycles. The van der Waals surface area contributed by atoms with Crippen LogP contribution in [0.5, 0.6) is 0 Å². The monoisotopic (exact) mass is 578 g/mol. The van der Waals surface area contributed by atoms with E-state index in [2.05, 4.69) is 10.6 Å². The molecule has 3 aromatic rings. The van der Waals surface area contributed by atoms with Crippen molar-refractivity contribution in [3.63, 3.8) is 0 Å². The normalized spacial score (nSPS) is 18.1. The summed E-state index contributed by atoms with van der Waals surface area (Å²) in [6.45, 7) is 0. The molecule has 4 nitrogen and oxygen atoms in total. The molecule has 1 saturated carbocycles. The zero-order chi connectivity index (χ0) is 26.4. The van der Waals surface area contributed by atoms with Crippen molar-refractivity contribution in [2.75, 3.05) is 10.6 Å². The van der Waals surface area contributed by atoms with E-state index in [1.54, 1.807) is 0 Å². The number of hydrogen-bond donors (Lipinski definition) is 2. The second kappa shape index (κ2) is 10.1. The number of anilines is 2. The molecule has 0 aromatic heterocycles. The predicted octanol–water partition coefficient (Wildman–Crippen LogP) is 7.99. The Labute approximate surface area is 222 Å². The van der Waals surface area contributed by atoms with Gasteiger partial charge in [-0.3, -0.25) is 9.59 Å². The van der Waals surface area contributed by atoms with Gasteiger partial charge in [0.05, 0.1) is 22.2 Å². The van der Waals surface area contributed by atoms with Gasteiger partial charge in [0.15, 0.2) is 0 Å². The molecule has 0 aliphatic heterocycles. The second-order valence-electron chi connectivity index (χ2n) is 8.01. The number of nitrogens with one attached hydrogen (secondary N) is 2. The lowest BCUT2D eigenvalue weighted by atomic mass is 10.1. The Morgan fingerprint density at radius 2 is 1.64 bits per heavy atom. The van der Waals surface area contributed by atoms with Crippen LogP contribution in [0.2, 0.25) is 10.0 Å². The summed E-state index contributed by atoms with van der Waals surface area (Å²) in [5.41, 5.74) is -0.293. The van der Waals surface area contributed by atoms with E-state index in [-0.39, 0.29) is 38.1 Å². The van der Waals surface area contributed by atoms with Crippen molar-refractivity contribution < 1.29 is 27.2 Å². The fourth-order valence-electron chi connectivity index (χ4n) is 3.79. The van der Waals surface area contributed by atoms with Gasteiger partial charge >= 0.3 is 0 Å². The molecule has 0 radical (unpaired) electrons. The van der Waals surface area contributed by atoms with E-state index in [1.165, 1.54) is 30.3 Å². The summed E-state index contributed by atoms with van der Waals surface area (Å²) in [7, 11) is 0. The molecule has 36 heavy (non-hydrogen) atoms. The van der Waals surface area contributed by atoms with Gasteiger partial charge in [-0.1, -0.05) is 23.2 Å². The summed E-state index contributed by atoms with van der Waals surface area (Å²) in [6, 6.07) is 10.3. The number of carbonyl (C=O) groups is 2. The van der Waals surface area contributed by atoms with Gasteiger partial charge in [0.1, 0.15) is 16.0 Å². The minimum absolute atomic E-state index is 0.000179. The van der Waals surface area contributed by atoms with Crippen LogP contribution in [0.15, 0.2) is 54.6 Å². The van der Waals surface area contributed by atoms with Crippen molar-refractivity contribution in [1.82, 2.24) is 0 Å². The number of carbonyl (C=O) groups excluding carboxylic acids is 2. The van der Waals surface area contributed by atoms with Gasteiger partial charge in [0.2, 0.25) is 5.91 Å². The quantitative estimate of drug-likeness (QED) is 0.230. The number of benzene rings is 3. The predicted molar refractivity (Wildman–Crippen MR) is 131 cm³/mol. The van der Waals surface area contributed by atoms with E-state index in [9.17, 15) is 27.2 Å². The minimum atomic E-state index is -2.78. The van der Waals surface area contributed by atoms with Crippen LogP contribution in [0.25, 0.3) is 0 Å². The van der Waals surface area contributed by atoms with Gasteiger partial charge in [-0.15, -0.1) is 23.2 Å². The molecular formula is C24H14Cl4F4N2O2. The highest BCUT2D eigenvalue weighted by molar-refractivity contribution is 6.53. The maximum Gasteiger partial charge on any atom is 0.263 e. The third-order valence-corrected chi connectivity index (χ3v) is 7.04. The fourth-order valence-corrected chi connectivity index (χ4v) is 5.07. The molecule has 1 aliphatic carbocycles. The molecule has 4 rings (SSSR count). The van der Waals surface area contributed by atoms with E-state index in [4.69, 9.17) is 46.4 Å². The Hall–Kier alpha value is -2.52. The topological polar surface area (TPSA) is 58.2 Å². The molecule has 2 atom stereocenters. The van der Waals surface area contributed by atoms with E-state index in [0.29, 0.717) is 6.07 Å². The maximum atomic E-state index is 13.9. The maximum absolute atomic E-state index is 13.9. The van der Waals surface area contributed by atoms with Gasteiger partial charge in [0, 0.05) is 28.3 Å². The Kier molecular flexibility index (Phi) is 7.44.